The van der Waals surface area contributed by atoms with E-state index in [0.29, 0.717) is 29.2 Å². The SMILES string of the molecule is CCCCCCCOc1ccc(Br)cc1C(=O)NC(CC(=O)O)c1ccc(-c2ccccc2Oc2ccccc2)cc1. The number of unbranched alkanes of at least 4 members (excludes halogenated alkanes) is 4. The lowest BCUT2D eigenvalue weighted by Gasteiger charge is -2.20. The second-order valence-electron chi connectivity index (χ2n) is 10.1. The van der Waals surface area contributed by atoms with Gasteiger partial charge in [-0.1, -0.05) is 109 Å². The largest absolute Gasteiger partial charge is 0.493 e. The molecule has 4 rings (SSSR count). The number of halogens is 1. The number of hydrogen-bond acceptors (Lipinski definition) is 4. The predicted octanol–water partition coefficient (Wildman–Crippen LogP) is 9.20. The van der Waals surface area contributed by atoms with Crippen molar-refractivity contribution in [2.24, 2.45) is 0 Å². The fraction of sp³-hybridized carbons (Fsp3) is 0.257. The highest BCUT2D eigenvalue weighted by Gasteiger charge is 2.22. The normalized spacial score (nSPS) is 11.5. The molecule has 218 valence electrons. The monoisotopic (exact) mass is 629 g/mol. The molecule has 2 N–H and O–H groups in total. The Bertz CT molecular complexity index is 1460. The highest BCUT2D eigenvalue weighted by Crippen LogP contribution is 2.34. The first-order valence-corrected chi connectivity index (χ1v) is 15.1. The predicted molar refractivity (Wildman–Crippen MR) is 169 cm³/mol. The Hall–Kier alpha value is -4.10. The number of hydrogen-bond donors (Lipinski definition) is 2. The van der Waals surface area contributed by atoms with E-state index in [2.05, 4.69) is 28.2 Å². The van der Waals surface area contributed by atoms with Gasteiger partial charge < -0.3 is 19.9 Å². The van der Waals surface area contributed by atoms with Gasteiger partial charge in [0, 0.05) is 10.0 Å². The Labute approximate surface area is 255 Å². The minimum atomic E-state index is -1.01. The number of nitrogens with one attached hydrogen (secondary N) is 1. The molecule has 0 saturated carbocycles. The van der Waals surface area contributed by atoms with Crippen molar-refractivity contribution in [2.45, 2.75) is 51.5 Å². The van der Waals surface area contributed by atoms with Gasteiger partial charge >= 0.3 is 5.97 Å². The minimum absolute atomic E-state index is 0.263. The quantitative estimate of drug-likeness (QED) is 0.128. The van der Waals surface area contributed by atoms with Crippen LogP contribution in [0.4, 0.5) is 0 Å². The van der Waals surface area contributed by atoms with Crippen LogP contribution in [0.25, 0.3) is 11.1 Å². The Kier molecular flexibility index (Phi) is 11.6. The fourth-order valence-electron chi connectivity index (χ4n) is 4.66. The number of carbonyl (C=O) groups excluding carboxylic acids is 1. The first-order chi connectivity index (χ1) is 20.4. The molecule has 0 heterocycles. The topological polar surface area (TPSA) is 84.9 Å². The number of carboxylic acid groups (broad SMARTS) is 1. The zero-order chi connectivity index (χ0) is 29.7. The van der Waals surface area contributed by atoms with Crippen LogP contribution in [-0.4, -0.2) is 23.6 Å². The third kappa shape index (κ3) is 8.95. The van der Waals surface area contributed by atoms with E-state index in [9.17, 15) is 14.7 Å². The van der Waals surface area contributed by atoms with Crippen molar-refractivity contribution >= 4 is 27.8 Å². The first-order valence-electron chi connectivity index (χ1n) is 14.3. The lowest BCUT2D eigenvalue weighted by molar-refractivity contribution is -0.137. The van der Waals surface area contributed by atoms with Gasteiger partial charge in [0.2, 0.25) is 0 Å². The molecule has 7 heteroatoms. The molecule has 4 aromatic carbocycles. The maximum atomic E-state index is 13.4. The van der Waals surface area contributed by atoms with Crippen molar-refractivity contribution in [3.05, 3.63) is 113 Å². The summed E-state index contributed by atoms with van der Waals surface area (Å²) in [5, 5.41) is 12.6. The maximum absolute atomic E-state index is 13.4. The Morgan fingerprint density at radius 2 is 1.55 bits per heavy atom. The van der Waals surface area contributed by atoms with Crippen molar-refractivity contribution in [2.75, 3.05) is 6.61 Å². The van der Waals surface area contributed by atoms with E-state index in [-0.39, 0.29) is 6.42 Å². The van der Waals surface area contributed by atoms with Crippen molar-refractivity contribution in [1.29, 1.82) is 0 Å². The molecule has 1 amide bonds. The molecule has 42 heavy (non-hydrogen) atoms. The molecule has 0 saturated heterocycles. The minimum Gasteiger partial charge on any atom is -0.493 e. The van der Waals surface area contributed by atoms with Crippen LogP contribution >= 0.6 is 15.9 Å². The van der Waals surface area contributed by atoms with Gasteiger partial charge in [-0.25, -0.2) is 0 Å². The second-order valence-corrected chi connectivity index (χ2v) is 11.0. The van der Waals surface area contributed by atoms with Crippen molar-refractivity contribution in [3.63, 3.8) is 0 Å². The summed E-state index contributed by atoms with van der Waals surface area (Å²) in [6.07, 6.45) is 5.26. The van der Waals surface area contributed by atoms with E-state index >= 15 is 0 Å². The van der Waals surface area contributed by atoms with Crippen LogP contribution in [-0.2, 0) is 4.79 Å². The van der Waals surface area contributed by atoms with Gasteiger partial charge in [0.1, 0.15) is 17.2 Å². The number of carboxylic acids is 1. The van der Waals surface area contributed by atoms with E-state index in [1.165, 1.54) is 12.8 Å². The summed E-state index contributed by atoms with van der Waals surface area (Å²) >= 11 is 3.44. The number of aliphatic carboxylic acids is 1. The summed E-state index contributed by atoms with van der Waals surface area (Å²) in [6.45, 7) is 2.69. The van der Waals surface area contributed by atoms with Crippen LogP contribution in [0.15, 0.2) is 102 Å². The number of benzene rings is 4. The number of ether oxygens (including phenoxy) is 2. The molecule has 0 radical (unpaired) electrons. The lowest BCUT2D eigenvalue weighted by atomic mass is 9.98. The van der Waals surface area contributed by atoms with Crippen LogP contribution in [0.2, 0.25) is 0 Å². The van der Waals surface area contributed by atoms with Gasteiger partial charge in [-0.15, -0.1) is 0 Å². The van der Waals surface area contributed by atoms with Gasteiger partial charge in [0.15, 0.2) is 0 Å². The lowest BCUT2D eigenvalue weighted by Crippen LogP contribution is -2.30. The molecule has 0 aliphatic carbocycles. The van der Waals surface area contributed by atoms with Crippen LogP contribution in [0.5, 0.6) is 17.2 Å². The Morgan fingerprint density at radius 1 is 0.833 bits per heavy atom. The van der Waals surface area contributed by atoms with Crippen molar-refractivity contribution in [3.8, 4) is 28.4 Å². The first kappa shape index (κ1) is 30.8. The van der Waals surface area contributed by atoms with Crippen molar-refractivity contribution < 1.29 is 24.2 Å². The molecular weight excluding hydrogens is 594 g/mol. The van der Waals surface area contributed by atoms with Crippen LogP contribution in [0.3, 0.4) is 0 Å². The highest BCUT2D eigenvalue weighted by molar-refractivity contribution is 9.10. The van der Waals surface area contributed by atoms with Gasteiger partial charge in [0.25, 0.3) is 5.91 Å². The molecule has 0 bridgehead atoms. The Morgan fingerprint density at radius 3 is 2.29 bits per heavy atom. The van der Waals surface area contributed by atoms with Crippen LogP contribution in [0, 0.1) is 0 Å². The van der Waals surface area contributed by atoms with E-state index in [4.69, 9.17) is 9.47 Å². The number of amides is 1. The Balaban J connectivity index is 1.50. The summed E-state index contributed by atoms with van der Waals surface area (Å²) in [6, 6.07) is 29.4. The van der Waals surface area contributed by atoms with Gasteiger partial charge in [0.05, 0.1) is 24.6 Å². The molecule has 6 nitrogen and oxygen atoms in total. The van der Waals surface area contributed by atoms with E-state index in [1.807, 2.05) is 84.9 Å². The van der Waals surface area contributed by atoms with Gasteiger partial charge in [-0.2, -0.15) is 0 Å². The summed E-state index contributed by atoms with van der Waals surface area (Å²) in [5.41, 5.74) is 2.85. The third-order valence-corrected chi connectivity index (χ3v) is 7.35. The zero-order valence-corrected chi connectivity index (χ0v) is 25.3. The fourth-order valence-corrected chi connectivity index (χ4v) is 5.02. The van der Waals surface area contributed by atoms with Gasteiger partial charge in [-0.05, 0) is 53.9 Å². The van der Waals surface area contributed by atoms with E-state index in [0.717, 1.165) is 40.6 Å². The number of rotatable bonds is 15. The third-order valence-electron chi connectivity index (χ3n) is 6.86. The van der Waals surface area contributed by atoms with Crippen LogP contribution < -0.4 is 14.8 Å². The molecule has 0 fully saturated rings. The summed E-state index contributed by atoms with van der Waals surface area (Å²) in [4.78, 5) is 25.2. The van der Waals surface area contributed by atoms with Gasteiger partial charge in [-0.3, -0.25) is 9.59 Å². The second kappa shape index (κ2) is 15.8. The molecule has 0 aliphatic rings. The average molecular weight is 631 g/mol. The van der Waals surface area contributed by atoms with Crippen LogP contribution in [0.1, 0.15) is 67.4 Å². The standard InChI is InChI=1S/C35H36BrNO5/c1-2-3-4-5-11-22-41-32-21-20-27(36)23-30(32)35(40)37-31(24-34(38)39)26-18-16-25(17-19-26)29-14-9-10-15-33(29)42-28-12-7-6-8-13-28/h6-10,12-21,23,31H,2-5,11,22,24H2,1H3,(H,37,40)(H,38,39). The van der Waals surface area contributed by atoms with Crippen molar-refractivity contribution in [1.82, 2.24) is 5.32 Å². The summed E-state index contributed by atoms with van der Waals surface area (Å²) in [5.74, 6) is 0.515. The zero-order valence-electron chi connectivity index (χ0n) is 23.7. The smallest absolute Gasteiger partial charge is 0.305 e. The number of para-hydroxylation sites is 2. The molecular formula is C35H36BrNO5. The summed E-state index contributed by atoms with van der Waals surface area (Å²) in [7, 11) is 0. The maximum Gasteiger partial charge on any atom is 0.305 e. The molecule has 1 unspecified atom stereocenters. The number of carbonyl (C=O) groups is 2. The molecule has 0 spiro atoms. The molecule has 0 aromatic heterocycles. The highest BCUT2D eigenvalue weighted by atomic mass is 79.9. The molecule has 0 aliphatic heterocycles. The van der Waals surface area contributed by atoms with E-state index in [1.54, 1.807) is 12.1 Å². The average Bonchev–Trinajstić information content (AvgIpc) is 3.00. The van der Waals surface area contributed by atoms with E-state index < -0.39 is 17.9 Å². The molecule has 4 aromatic rings. The molecule has 1 atom stereocenters. The summed E-state index contributed by atoms with van der Waals surface area (Å²) < 4.78 is 12.8.